The van der Waals surface area contributed by atoms with E-state index in [1.165, 1.54) is 59.6 Å². The molecule has 0 saturated carbocycles. The zero-order valence-corrected chi connectivity index (χ0v) is 22.4. The van der Waals surface area contributed by atoms with Gasteiger partial charge in [-0.2, -0.15) is 4.31 Å². The summed E-state index contributed by atoms with van der Waals surface area (Å²) in [7, 11) is -4.81. The molecule has 0 spiro atoms. The molecular weight excluding hydrogens is 526 g/mol. The highest BCUT2D eigenvalue weighted by Gasteiger charge is 2.28. The third kappa shape index (κ3) is 6.54. The number of sulfone groups is 1. The molecule has 0 radical (unpaired) electrons. The van der Waals surface area contributed by atoms with E-state index in [4.69, 9.17) is 21.1 Å². The molecular formula is C24H28ClN3O6S2. The molecule has 1 aromatic heterocycles. The molecule has 12 heteroatoms. The summed E-state index contributed by atoms with van der Waals surface area (Å²) in [6.45, 7) is 3.92. The molecule has 0 fully saturated rings. The van der Waals surface area contributed by atoms with Gasteiger partial charge in [-0.25, -0.2) is 21.8 Å². The summed E-state index contributed by atoms with van der Waals surface area (Å²) >= 11 is 5.91. The van der Waals surface area contributed by atoms with Crippen molar-refractivity contribution in [2.45, 2.75) is 28.9 Å². The number of benzene rings is 2. The van der Waals surface area contributed by atoms with Gasteiger partial charge in [-0.15, -0.1) is 6.58 Å². The van der Waals surface area contributed by atoms with Crippen LogP contribution in [0.5, 0.6) is 5.75 Å². The Morgan fingerprint density at radius 2 is 1.83 bits per heavy atom. The molecule has 2 aromatic carbocycles. The molecule has 0 unspecified atom stereocenters. The molecule has 0 aliphatic carbocycles. The van der Waals surface area contributed by atoms with Crippen LogP contribution >= 0.6 is 11.6 Å². The number of ether oxygens (including phenoxy) is 2. The van der Waals surface area contributed by atoms with Gasteiger partial charge in [0.25, 0.3) is 0 Å². The third-order valence-corrected chi connectivity index (χ3v) is 8.99. The van der Waals surface area contributed by atoms with Crippen LogP contribution in [0.25, 0.3) is 0 Å². The second kappa shape index (κ2) is 12.0. The maximum atomic E-state index is 13.3. The standard InChI is InChI=1S/C24H28ClN3O6S2/c1-4-12-27(36(31,32)23-10-8-20(25)9-11-23)17-21-16-26-24(28(21)13-14-33-2)35(29,30)18-19-6-5-7-22(15-19)34-3/h4-11,15-16H,1,12-14,17-18H2,2-3H3. The van der Waals surface area contributed by atoms with E-state index in [-0.39, 0.29) is 42.0 Å². The topological polar surface area (TPSA) is 108 Å². The Balaban J connectivity index is 1.98. The first-order valence-electron chi connectivity index (χ1n) is 10.9. The molecule has 1 heterocycles. The predicted octanol–water partition coefficient (Wildman–Crippen LogP) is 3.54. The first-order chi connectivity index (χ1) is 17.1. The number of imidazole rings is 1. The molecule has 194 valence electrons. The summed E-state index contributed by atoms with van der Waals surface area (Å²) in [6.07, 6.45) is 2.84. The fourth-order valence-corrected chi connectivity index (χ4v) is 6.58. The lowest BCUT2D eigenvalue weighted by Gasteiger charge is -2.22. The van der Waals surface area contributed by atoms with Crippen LogP contribution in [0, 0.1) is 0 Å². The monoisotopic (exact) mass is 553 g/mol. The van der Waals surface area contributed by atoms with Gasteiger partial charge >= 0.3 is 0 Å². The number of aromatic nitrogens is 2. The highest BCUT2D eigenvalue weighted by Crippen LogP contribution is 2.24. The van der Waals surface area contributed by atoms with Crippen LogP contribution in [-0.2, 0) is 43.4 Å². The molecule has 0 aliphatic rings. The van der Waals surface area contributed by atoms with Crippen molar-refractivity contribution >= 4 is 31.5 Å². The van der Waals surface area contributed by atoms with E-state index in [9.17, 15) is 16.8 Å². The minimum absolute atomic E-state index is 0.00626. The second-order valence-corrected chi connectivity index (χ2v) is 12.1. The Kier molecular flexibility index (Phi) is 9.31. The lowest BCUT2D eigenvalue weighted by atomic mass is 10.2. The van der Waals surface area contributed by atoms with Crippen molar-refractivity contribution < 1.29 is 26.3 Å². The van der Waals surface area contributed by atoms with Crippen molar-refractivity contribution in [3.8, 4) is 5.75 Å². The van der Waals surface area contributed by atoms with Gasteiger partial charge in [0.1, 0.15) is 5.75 Å². The Labute approximate surface area is 216 Å². The Bertz CT molecular complexity index is 1400. The minimum Gasteiger partial charge on any atom is -0.497 e. The minimum atomic E-state index is -3.93. The number of methoxy groups -OCH3 is 2. The molecule has 36 heavy (non-hydrogen) atoms. The van der Waals surface area contributed by atoms with Gasteiger partial charge in [-0.3, -0.25) is 0 Å². The van der Waals surface area contributed by atoms with E-state index in [1.54, 1.807) is 24.3 Å². The number of nitrogens with zero attached hydrogens (tertiary/aromatic N) is 3. The van der Waals surface area contributed by atoms with Crippen molar-refractivity contribution in [2.75, 3.05) is 27.4 Å². The summed E-state index contributed by atoms with van der Waals surface area (Å²) in [5, 5.41) is 0.243. The molecule has 3 aromatic rings. The second-order valence-electron chi connectivity index (χ2n) is 7.83. The average Bonchev–Trinajstić information content (AvgIpc) is 3.26. The van der Waals surface area contributed by atoms with Crippen LogP contribution < -0.4 is 4.74 Å². The van der Waals surface area contributed by atoms with E-state index in [2.05, 4.69) is 11.6 Å². The fraction of sp³-hybridized carbons (Fsp3) is 0.292. The normalized spacial score (nSPS) is 12.1. The van der Waals surface area contributed by atoms with Crippen LogP contribution in [0.3, 0.4) is 0 Å². The van der Waals surface area contributed by atoms with Crippen LogP contribution in [-0.4, -0.2) is 58.1 Å². The number of rotatable bonds is 13. The molecule has 0 saturated heterocycles. The lowest BCUT2D eigenvalue weighted by Crippen LogP contribution is -2.32. The fourth-order valence-electron chi connectivity index (χ4n) is 3.56. The molecule has 0 atom stereocenters. The van der Waals surface area contributed by atoms with Crippen molar-refractivity contribution in [3.63, 3.8) is 0 Å². The van der Waals surface area contributed by atoms with Crippen LogP contribution in [0.2, 0.25) is 5.02 Å². The number of hydrogen-bond donors (Lipinski definition) is 0. The predicted molar refractivity (Wildman–Crippen MR) is 137 cm³/mol. The number of halogens is 1. The van der Waals surface area contributed by atoms with Crippen LogP contribution in [0.1, 0.15) is 11.3 Å². The van der Waals surface area contributed by atoms with Crippen molar-refractivity contribution in [1.29, 1.82) is 0 Å². The number of hydrogen-bond acceptors (Lipinski definition) is 7. The SMILES string of the molecule is C=CCN(Cc1cnc(S(=O)(=O)Cc2cccc(OC)c2)n1CCOC)S(=O)(=O)c1ccc(Cl)cc1. The van der Waals surface area contributed by atoms with E-state index in [0.717, 1.165) is 0 Å². The van der Waals surface area contributed by atoms with Crippen molar-refractivity contribution in [1.82, 2.24) is 13.9 Å². The van der Waals surface area contributed by atoms with Crippen LogP contribution in [0.15, 0.2) is 77.4 Å². The smallest absolute Gasteiger partial charge is 0.243 e. The quantitative estimate of drug-likeness (QED) is 0.298. The van der Waals surface area contributed by atoms with E-state index < -0.39 is 19.9 Å². The molecule has 0 N–H and O–H groups in total. The van der Waals surface area contributed by atoms with Gasteiger partial charge in [0, 0.05) is 25.2 Å². The zero-order valence-electron chi connectivity index (χ0n) is 20.0. The number of sulfonamides is 1. The highest BCUT2D eigenvalue weighted by atomic mass is 35.5. The Hall–Kier alpha value is -2.70. The first kappa shape index (κ1) is 27.9. The molecule has 0 amide bonds. The molecule has 9 nitrogen and oxygen atoms in total. The van der Waals surface area contributed by atoms with Gasteiger partial charge in [-0.05, 0) is 42.0 Å². The Morgan fingerprint density at radius 1 is 1.11 bits per heavy atom. The van der Waals surface area contributed by atoms with Crippen LogP contribution in [0.4, 0.5) is 0 Å². The summed E-state index contributed by atoms with van der Waals surface area (Å²) in [5.74, 6) is 0.242. The van der Waals surface area contributed by atoms with Crippen molar-refractivity contribution in [2.24, 2.45) is 0 Å². The molecule has 3 rings (SSSR count). The van der Waals surface area contributed by atoms with Crippen molar-refractivity contribution in [3.05, 3.63) is 83.7 Å². The molecule has 0 bridgehead atoms. The van der Waals surface area contributed by atoms with Gasteiger partial charge in [-0.1, -0.05) is 29.8 Å². The van der Waals surface area contributed by atoms with Gasteiger partial charge in [0.05, 0.1) is 42.8 Å². The van der Waals surface area contributed by atoms with Gasteiger partial charge in [0.2, 0.25) is 25.0 Å². The summed E-state index contributed by atoms with van der Waals surface area (Å²) in [6, 6.07) is 12.6. The van der Waals surface area contributed by atoms with Gasteiger partial charge in [0.15, 0.2) is 0 Å². The average molecular weight is 554 g/mol. The highest BCUT2D eigenvalue weighted by molar-refractivity contribution is 7.90. The summed E-state index contributed by atoms with van der Waals surface area (Å²) < 4.78 is 66.3. The maximum absolute atomic E-state index is 13.3. The van der Waals surface area contributed by atoms with E-state index in [0.29, 0.717) is 22.0 Å². The maximum Gasteiger partial charge on any atom is 0.243 e. The molecule has 0 aliphatic heterocycles. The van der Waals surface area contributed by atoms with Gasteiger partial charge < -0.3 is 14.0 Å². The largest absolute Gasteiger partial charge is 0.497 e. The first-order valence-corrected chi connectivity index (χ1v) is 14.3. The zero-order chi connectivity index (χ0) is 26.3. The summed E-state index contributed by atoms with van der Waals surface area (Å²) in [4.78, 5) is 4.24. The summed E-state index contributed by atoms with van der Waals surface area (Å²) in [5.41, 5.74) is 0.937. The third-order valence-electron chi connectivity index (χ3n) is 5.31. The van der Waals surface area contributed by atoms with E-state index in [1.807, 2.05) is 0 Å². The Morgan fingerprint density at radius 3 is 2.47 bits per heavy atom. The lowest BCUT2D eigenvalue weighted by molar-refractivity contribution is 0.183. The van der Waals surface area contributed by atoms with E-state index >= 15 is 0 Å².